The first kappa shape index (κ1) is 16.2. The zero-order valence-corrected chi connectivity index (χ0v) is 12.5. The third-order valence-corrected chi connectivity index (χ3v) is 3.29. The molecular formula is C16H22O4. The lowest BCUT2D eigenvalue weighted by molar-refractivity contribution is -0.167. The monoisotopic (exact) mass is 278 g/mol. The molecule has 0 aromatic heterocycles. The lowest BCUT2D eigenvalue weighted by atomic mass is 9.71. The fraction of sp³-hybridized carbons (Fsp3) is 0.500. The van der Waals surface area contributed by atoms with Crippen LogP contribution in [0.15, 0.2) is 30.3 Å². The van der Waals surface area contributed by atoms with Crippen LogP contribution in [0.3, 0.4) is 0 Å². The van der Waals surface area contributed by atoms with E-state index in [-0.39, 0.29) is 19.1 Å². The molecule has 0 spiro atoms. The van der Waals surface area contributed by atoms with E-state index in [0.29, 0.717) is 5.56 Å². The molecule has 4 heteroatoms. The Labute approximate surface area is 120 Å². The molecule has 1 aromatic rings. The second-order valence-corrected chi connectivity index (χ2v) is 4.77. The van der Waals surface area contributed by atoms with Crippen LogP contribution in [0.1, 0.15) is 33.3 Å². The van der Waals surface area contributed by atoms with Crippen LogP contribution in [-0.4, -0.2) is 25.2 Å². The Balaban J connectivity index is 3.42. The molecule has 0 aliphatic rings. The van der Waals surface area contributed by atoms with E-state index in [1.165, 1.54) is 0 Å². The molecular weight excluding hydrogens is 256 g/mol. The van der Waals surface area contributed by atoms with Crippen LogP contribution < -0.4 is 0 Å². The first-order valence-electron chi connectivity index (χ1n) is 6.91. The third kappa shape index (κ3) is 2.84. The Kier molecular flexibility index (Phi) is 5.74. The maximum absolute atomic E-state index is 12.5. The van der Waals surface area contributed by atoms with E-state index in [0.717, 1.165) is 0 Å². The molecule has 0 unspecified atom stereocenters. The highest BCUT2D eigenvalue weighted by Crippen LogP contribution is 2.35. The van der Waals surface area contributed by atoms with Gasteiger partial charge in [-0.25, -0.2) is 0 Å². The van der Waals surface area contributed by atoms with Crippen molar-refractivity contribution >= 4 is 11.9 Å². The molecule has 0 N–H and O–H groups in total. The molecule has 20 heavy (non-hydrogen) atoms. The largest absolute Gasteiger partial charge is 0.465 e. The van der Waals surface area contributed by atoms with Gasteiger partial charge in [-0.2, -0.15) is 0 Å². The van der Waals surface area contributed by atoms with Crippen LogP contribution in [0, 0.1) is 5.92 Å². The van der Waals surface area contributed by atoms with Gasteiger partial charge in [-0.1, -0.05) is 44.2 Å². The number of benzene rings is 1. The number of carbonyl (C=O) groups excluding carboxylic acids is 2. The summed E-state index contributed by atoms with van der Waals surface area (Å²) in [5.74, 6) is -1.39. The van der Waals surface area contributed by atoms with Crippen molar-refractivity contribution in [2.45, 2.75) is 33.1 Å². The summed E-state index contributed by atoms with van der Waals surface area (Å²) >= 11 is 0. The molecule has 0 heterocycles. The molecule has 0 fully saturated rings. The van der Waals surface area contributed by atoms with Gasteiger partial charge < -0.3 is 9.47 Å². The van der Waals surface area contributed by atoms with Gasteiger partial charge in [-0.15, -0.1) is 0 Å². The first-order valence-corrected chi connectivity index (χ1v) is 6.91. The van der Waals surface area contributed by atoms with Crippen molar-refractivity contribution in [3.05, 3.63) is 35.9 Å². The van der Waals surface area contributed by atoms with Crippen molar-refractivity contribution in [1.29, 1.82) is 0 Å². The predicted molar refractivity (Wildman–Crippen MR) is 76.2 cm³/mol. The summed E-state index contributed by atoms with van der Waals surface area (Å²) in [6.07, 6.45) is 0. The van der Waals surface area contributed by atoms with Gasteiger partial charge in [0.05, 0.1) is 13.2 Å². The second kappa shape index (κ2) is 7.08. The number of ether oxygens (including phenoxy) is 2. The summed E-state index contributed by atoms with van der Waals surface area (Å²) in [6, 6.07) is 8.95. The van der Waals surface area contributed by atoms with Crippen molar-refractivity contribution in [1.82, 2.24) is 0 Å². The topological polar surface area (TPSA) is 52.6 Å². The Morgan fingerprint density at radius 3 is 1.80 bits per heavy atom. The highest BCUT2D eigenvalue weighted by molar-refractivity contribution is 6.06. The third-order valence-electron chi connectivity index (χ3n) is 3.29. The van der Waals surface area contributed by atoms with E-state index in [1.54, 1.807) is 38.1 Å². The van der Waals surface area contributed by atoms with Crippen LogP contribution in [0.5, 0.6) is 0 Å². The molecule has 4 nitrogen and oxygen atoms in total. The van der Waals surface area contributed by atoms with Crippen molar-refractivity contribution in [2.75, 3.05) is 13.2 Å². The molecule has 0 saturated heterocycles. The Morgan fingerprint density at radius 2 is 1.45 bits per heavy atom. The summed E-state index contributed by atoms with van der Waals surface area (Å²) in [5.41, 5.74) is -0.806. The fourth-order valence-electron chi connectivity index (χ4n) is 2.31. The number of hydrogen-bond donors (Lipinski definition) is 0. The van der Waals surface area contributed by atoms with Gasteiger partial charge in [0.25, 0.3) is 0 Å². The Morgan fingerprint density at radius 1 is 1.00 bits per heavy atom. The number of carbonyl (C=O) groups is 2. The SMILES string of the molecule is CCOC(=O)C(C(=O)OCC)(c1ccccc1)C(C)C. The molecule has 1 rings (SSSR count). The van der Waals surface area contributed by atoms with Gasteiger partial charge in [-0.05, 0) is 25.3 Å². The standard InChI is InChI=1S/C16H22O4/c1-5-19-14(17)16(12(3)4,15(18)20-6-2)13-10-8-7-9-11-13/h7-12H,5-6H2,1-4H3. The zero-order chi connectivity index (χ0) is 15.2. The maximum Gasteiger partial charge on any atom is 0.328 e. The molecule has 0 aliphatic carbocycles. The van der Waals surface area contributed by atoms with Gasteiger partial charge in [0, 0.05) is 0 Å². The van der Waals surface area contributed by atoms with Crippen LogP contribution in [0.2, 0.25) is 0 Å². The number of esters is 2. The molecule has 0 radical (unpaired) electrons. The van der Waals surface area contributed by atoms with E-state index in [1.807, 2.05) is 19.9 Å². The van der Waals surface area contributed by atoms with Gasteiger partial charge in [-0.3, -0.25) is 9.59 Å². The van der Waals surface area contributed by atoms with Gasteiger partial charge >= 0.3 is 11.9 Å². The minimum atomic E-state index is -1.41. The fourth-order valence-corrected chi connectivity index (χ4v) is 2.31. The van der Waals surface area contributed by atoms with E-state index in [4.69, 9.17) is 9.47 Å². The van der Waals surface area contributed by atoms with Crippen molar-refractivity contribution in [3.63, 3.8) is 0 Å². The minimum absolute atomic E-state index is 0.222. The van der Waals surface area contributed by atoms with E-state index >= 15 is 0 Å². The van der Waals surface area contributed by atoms with Crippen molar-refractivity contribution < 1.29 is 19.1 Å². The summed E-state index contributed by atoms with van der Waals surface area (Å²) in [4.78, 5) is 25.0. The summed E-state index contributed by atoms with van der Waals surface area (Å²) in [7, 11) is 0. The molecule has 1 aromatic carbocycles. The van der Waals surface area contributed by atoms with Crippen LogP contribution in [0.4, 0.5) is 0 Å². The molecule has 0 amide bonds. The van der Waals surface area contributed by atoms with Crippen molar-refractivity contribution in [2.24, 2.45) is 5.92 Å². The summed E-state index contributed by atoms with van der Waals surface area (Å²) in [6.45, 7) is 7.53. The molecule has 0 atom stereocenters. The number of rotatable bonds is 6. The van der Waals surface area contributed by atoms with Gasteiger partial charge in [0.15, 0.2) is 5.41 Å². The van der Waals surface area contributed by atoms with Crippen LogP contribution in [-0.2, 0) is 24.5 Å². The zero-order valence-electron chi connectivity index (χ0n) is 12.5. The van der Waals surface area contributed by atoms with E-state index < -0.39 is 17.4 Å². The summed E-state index contributed by atoms with van der Waals surface area (Å²) in [5, 5.41) is 0. The number of hydrogen-bond acceptors (Lipinski definition) is 4. The van der Waals surface area contributed by atoms with Gasteiger partial charge in [0.1, 0.15) is 0 Å². The van der Waals surface area contributed by atoms with Crippen molar-refractivity contribution in [3.8, 4) is 0 Å². The molecule has 0 saturated carbocycles. The highest BCUT2D eigenvalue weighted by Gasteiger charge is 2.53. The smallest absolute Gasteiger partial charge is 0.328 e. The predicted octanol–water partition coefficient (Wildman–Crippen LogP) is 2.71. The second-order valence-electron chi connectivity index (χ2n) is 4.77. The first-order chi connectivity index (χ1) is 9.51. The summed E-state index contributed by atoms with van der Waals surface area (Å²) < 4.78 is 10.3. The molecule has 0 bridgehead atoms. The maximum atomic E-state index is 12.5. The van der Waals surface area contributed by atoms with Crippen LogP contribution in [0.25, 0.3) is 0 Å². The normalized spacial score (nSPS) is 11.2. The van der Waals surface area contributed by atoms with Crippen LogP contribution >= 0.6 is 0 Å². The molecule has 110 valence electrons. The van der Waals surface area contributed by atoms with E-state index in [2.05, 4.69) is 0 Å². The van der Waals surface area contributed by atoms with Gasteiger partial charge in [0.2, 0.25) is 0 Å². The minimum Gasteiger partial charge on any atom is -0.465 e. The quantitative estimate of drug-likeness (QED) is 0.593. The lowest BCUT2D eigenvalue weighted by Gasteiger charge is -2.33. The lowest BCUT2D eigenvalue weighted by Crippen LogP contribution is -2.50. The average molecular weight is 278 g/mol. The van der Waals surface area contributed by atoms with E-state index in [9.17, 15) is 9.59 Å². The Hall–Kier alpha value is -1.84. The average Bonchev–Trinajstić information content (AvgIpc) is 2.41. The highest BCUT2D eigenvalue weighted by atomic mass is 16.6. The Bertz CT molecular complexity index is 433. The molecule has 0 aliphatic heterocycles.